The molecule has 0 aliphatic heterocycles. The monoisotopic (exact) mass is 272 g/mol. The van der Waals surface area contributed by atoms with Gasteiger partial charge in [-0.1, -0.05) is 17.7 Å². The van der Waals surface area contributed by atoms with Gasteiger partial charge in [-0.15, -0.1) is 0 Å². The number of nitro benzene ring substituents is 1. The van der Waals surface area contributed by atoms with Gasteiger partial charge in [0.05, 0.1) is 15.5 Å². The summed E-state index contributed by atoms with van der Waals surface area (Å²) in [6.45, 7) is 1.61. The topological polar surface area (TPSA) is 83.7 Å². The number of rotatable bonds is 5. The Morgan fingerprint density at radius 1 is 1.61 bits per heavy atom. The molecule has 1 aromatic rings. The van der Waals surface area contributed by atoms with Gasteiger partial charge in [0.15, 0.2) is 0 Å². The summed E-state index contributed by atoms with van der Waals surface area (Å²) < 4.78 is 0. The minimum atomic E-state index is -0.993. The van der Waals surface area contributed by atoms with E-state index in [0.29, 0.717) is 5.56 Å². The molecule has 0 aliphatic carbocycles. The number of carboxylic acids is 1. The molecule has 0 fully saturated rings. The van der Waals surface area contributed by atoms with Crippen LogP contribution in [0.25, 0.3) is 0 Å². The molecule has 0 saturated carbocycles. The predicted octanol–water partition coefficient (Wildman–Crippen LogP) is 2.15. The Kier molecular flexibility index (Phi) is 4.63. The van der Waals surface area contributed by atoms with Crippen LogP contribution in [0.2, 0.25) is 5.02 Å². The summed E-state index contributed by atoms with van der Waals surface area (Å²) in [6, 6.07) is 3.63. The third-order valence-electron chi connectivity index (χ3n) is 2.72. The fraction of sp³-hybridized carbons (Fsp3) is 0.364. The highest BCUT2D eigenvalue weighted by atomic mass is 35.5. The van der Waals surface area contributed by atoms with Crippen LogP contribution in [-0.4, -0.2) is 34.0 Å². The van der Waals surface area contributed by atoms with Crippen molar-refractivity contribution in [2.45, 2.75) is 19.5 Å². The van der Waals surface area contributed by atoms with Gasteiger partial charge in [-0.3, -0.25) is 19.8 Å². The van der Waals surface area contributed by atoms with E-state index in [-0.39, 0.29) is 17.3 Å². The van der Waals surface area contributed by atoms with E-state index in [9.17, 15) is 14.9 Å². The molecule has 1 atom stereocenters. The van der Waals surface area contributed by atoms with Gasteiger partial charge in [0, 0.05) is 12.6 Å². The van der Waals surface area contributed by atoms with Crippen molar-refractivity contribution < 1.29 is 14.8 Å². The van der Waals surface area contributed by atoms with E-state index in [4.69, 9.17) is 16.7 Å². The second kappa shape index (κ2) is 5.79. The summed E-state index contributed by atoms with van der Waals surface area (Å²) in [7, 11) is 1.58. The average molecular weight is 273 g/mol. The Balaban J connectivity index is 3.03. The van der Waals surface area contributed by atoms with E-state index in [2.05, 4.69) is 0 Å². The number of likely N-dealkylation sites (N-methyl/N-ethyl adjacent to an activating group) is 1. The number of benzene rings is 1. The van der Waals surface area contributed by atoms with E-state index in [1.165, 1.54) is 24.0 Å². The van der Waals surface area contributed by atoms with Gasteiger partial charge in [0.25, 0.3) is 5.69 Å². The molecule has 0 amide bonds. The zero-order chi connectivity index (χ0) is 13.9. The maximum absolute atomic E-state index is 10.9. The lowest BCUT2D eigenvalue weighted by Gasteiger charge is -2.21. The lowest BCUT2D eigenvalue weighted by molar-refractivity contribution is -0.385. The molecule has 1 rings (SSSR count). The first kappa shape index (κ1) is 14.4. The second-order valence-corrected chi connectivity index (χ2v) is 4.33. The minimum absolute atomic E-state index is 0.101. The van der Waals surface area contributed by atoms with Crippen LogP contribution in [0.3, 0.4) is 0 Å². The zero-order valence-corrected chi connectivity index (χ0v) is 10.7. The SMILES string of the molecule is CC(C(=O)O)N(C)Cc1c(Cl)cccc1[N+](=O)[O-]. The molecule has 7 heteroatoms. The van der Waals surface area contributed by atoms with Crippen molar-refractivity contribution in [3.63, 3.8) is 0 Å². The van der Waals surface area contributed by atoms with Gasteiger partial charge in [0.1, 0.15) is 6.04 Å². The highest BCUT2D eigenvalue weighted by Crippen LogP contribution is 2.27. The maximum atomic E-state index is 10.9. The Hall–Kier alpha value is -1.66. The van der Waals surface area contributed by atoms with Crippen molar-refractivity contribution in [2.75, 3.05) is 7.05 Å². The van der Waals surface area contributed by atoms with Crippen molar-refractivity contribution in [3.8, 4) is 0 Å². The lowest BCUT2D eigenvalue weighted by atomic mass is 10.1. The van der Waals surface area contributed by atoms with Crippen molar-refractivity contribution in [1.82, 2.24) is 4.90 Å². The normalized spacial score (nSPS) is 12.4. The Labute approximate surface area is 109 Å². The van der Waals surface area contributed by atoms with Gasteiger partial charge in [-0.2, -0.15) is 0 Å². The van der Waals surface area contributed by atoms with E-state index in [1.807, 2.05) is 0 Å². The number of hydrogen-bond donors (Lipinski definition) is 1. The fourth-order valence-electron chi connectivity index (χ4n) is 1.45. The number of nitrogens with zero attached hydrogens (tertiary/aromatic N) is 2. The predicted molar refractivity (Wildman–Crippen MR) is 66.7 cm³/mol. The van der Waals surface area contributed by atoms with Gasteiger partial charge < -0.3 is 5.11 Å². The number of hydrogen-bond acceptors (Lipinski definition) is 4. The molecule has 0 spiro atoms. The van der Waals surface area contributed by atoms with E-state index >= 15 is 0 Å². The number of carboxylic acid groups (broad SMARTS) is 1. The first-order valence-electron chi connectivity index (χ1n) is 5.19. The average Bonchev–Trinajstić information content (AvgIpc) is 2.30. The van der Waals surface area contributed by atoms with E-state index < -0.39 is 16.9 Å². The Morgan fingerprint density at radius 3 is 2.72 bits per heavy atom. The van der Waals surface area contributed by atoms with E-state index in [1.54, 1.807) is 13.1 Å². The first-order chi connectivity index (χ1) is 8.34. The summed E-state index contributed by atoms with van der Waals surface area (Å²) in [6.07, 6.45) is 0. The molecule has 0 radical (unpaired) electrons. The molecule has 98 valence electrons. The first-order valence-corrected chi connectivity index (χ1v) is 5.57. The molecule has 0 aliphatic rings. The fourth-order valence-corrected chi connectivity index (χ4v) is 1.68. The molecule has 1 unspecified atom stereocenters. The third-order valence-corrected chi connectivity index (χ3v) is 3.07. The van der Waals surface area contributed by atoms with E-state index in [0.717, 1.165) is 0 Å². The standard InChI is InChI=1S/C11H13ClN2O4/c1-7(11(15)16)13(2)6-8-9(12)4-3-5-10(8)14(17)18/h3-5,7H,6H2,1-2H3,(H,15,16). The second-order valence-electron chi connectivity index (χ2n) is 3.92. The Bertz CT molecular complexity index is 478. The van der Waals surface area contributed by atoms with Crippen LogP contribution in [0, 0.1) is 10.1 Å². The summed E-state index contributed by atoms with van der Waals surface area (Å²) in [5, 5.41) is 20.0. The van der Waals surface area contributed by atoms with Crippen LogP contribution in [0.1, 0.15) is 12.5 Å². The largest absolute Gasteiger partial charge is 0.480 e. The van der Waals surface area contributed by atoms with Gasteiger partial charge in [-0.05, 0) is 20.0 Å². The molecule has 1 N–H and O–H groups in total. The molecule has 1 aromatic carbocycles. The molecule has 0 bridgehead atoms. The lowest BCUT2D eigenvalue weighted by Crippen LogP contribution is -2.35. The molecular weight excluding hydrogens is 260 g/mol. The number of aliphatic carboxylic acids is 1. The quantitative estimate of drug-likeness (QED) is 0.656. The van der Waals surface area contributed by atoms with Crippen LogP contribution in [-0.2, 0) is 11.3 Å². The third kappa shape index (κ3) is 3.18. The van der Waals surface area contributed by atoms with Crippen molar-refractivity contribution in [1.29, 1.82) is 0 Å². The number of carbonyl (C=O) groups is 1. The van der Waals surface area contributed by atoms with Crippen LogP contribution < -0.4 is 0 Å². The van der Waals surface area contributed by atoms with Crippen molar-refractivity contribution in [3.05, 3.63) is 38.9 Å². The van der Waals surface area contributed by atoms with Gasteiger partial charge in [-0.25, -0.2) is 0 Å². The maximum Gasteiger partial charge on any atom is 0.320 e. The smallest absolute Gasteiger partial charge is 0.320 e. The molecule has 0 saturated heterocycles. The number of nitro groups is 1. The molecule has 0 aromatic heterocycles. The van der Waals surface area contributed by atoms with Crippen molar-refractivity contribution in [2.24, 2.45) is 0 Å². The molecular formula is C11H13ClN2O4. The van der Waals surface area contributed by atoms with Crippen molar-refractivity contribution >= 4 is 23.3 Å². The number of halogens is 1. The summed E-state index contributed by atoms with van der Waals surface area (Å²) in [4.78, 5) is 22.7. The molecule has 0 heterocycles. The summed E-state index contributed by atoms with van der Waals surface area (Å²) in [5.74, 6) is -0.993. The Morgan fingerprint density at radius 2 is 2.22 bits per heavy atom. The van der Waals surface area contributed by atoms with Gasteiger partial charge >= 0.3 is 5.97 Å². The van der Waals surface area contributed by atoms with Crippen LogP contribution in [0.4, 0.5) is 5.69 Å². The molecule has 18 heavy (non-hydrogen) atoms. The molecule has 6 nitrogen and oxygen atoms in total. The van der Waals surface area contributed by atoms with Gasteiger partial charge in [0.2, 0.25) is 0 Å². The zero-order valence-electron chi connectivity index (χ0n) is 9.96. The summed E-state index contributed by atoms with van der Waals surface area (Å²) >= 11 is 5.92. The van der Waals surface area contributed by atoms with Crippen LogP contribution in [0.15, 0.2) is 18.2 Å². The minimum Gasteiger partial charge on any atom is -0.480 e. The highest BCUT2D eigenvalue weighted by Gasteiger charge is 2.22. The van der Waals surface area contributed by atoms with Crippen LogP contribution in [0.5, 0.6) is 0 Å². The summed E-state index contributed by atoms with van der Waals surface area (Å²) in [5.41, 5.74) is 0.215. The van der Waals surface area contributed by atoms with Crippen LogP contribution >= 0.6 is 11.6 Å². The highest BCUT2D eigenvalue weighted by molar-refractivity contribution is 6.31.